The molecule has 34 heavy (non-hydrogen) atoms. The van der Waals surface area contributed by atoms with Crippen LogP contribution < -0.4 is 5.32 Å². The van der Waals surface area contributed by atoms with Crippen LogP contribution in [0.5, 0.6) is 0 Å². The van der Waals surface area contributed by atoms with Crippen molar-refractivity contribution in [3.63, 3.8) is 0 Å². The van der Waals surface area contributed by atoms with E-state index in [2.05, 4.69) is 85.9 Å². The molecule has 0 aliphatic carbocycles. The molecule has 1 aromatic carbocycles. The number of ether oxygens (including phenoxy) is 1. The number of aryl methyl sites for hydroxylation is 2. The third kappa shape index (κ3) is 4.16. The van der Waals surface area contributed by atoms with Crippen molar-refractivity contribution in [3.8, 4) is 0 Å². The fraction of sp³-hybridized carbons (Fsp3) is 0.321. The molecule has 3 aromatic rings. The minimum absolute atomic E-state index is 0.297. The zero-order valence-corrected chi connectivity index (χ0v) is 20.7. The van der Waals surface area contributed by atoms with Crippen molar-refractivity contribution in [1.82, 2.24) is 14.9 Å². The second kappa shape index (κ2) is 9.29. The van der Waals surface area contributed by atoms with E-state index in [9.17, 15) is 4.79 Å². The second-order valence-electron chi connectivity index (χ2n) is 9.26. The molecular weight excluding hydrogens is 424 g/mol. The predicted molar refractivity (Wildman–Crippen MR) is 136 cm³/mol. The number of carbonyl (C=O) groups excluding carboxylic acids is 1. The van der Waals surface area contributed by atoms with Gasteiger partial charge in [0.05, 0.1) is 24.9 Å². The van der Waals surface area contributed by atoms with Crippen molar-refractivity contribution in [2.75, 3.05) is 13.7 Å². The third-order valence-electron chi connectivity index (χ3n) is 6.98. The van der Waals surface area contributed by atoms with Crippen LogP contribution in [0.15, 0.2) is 65.9 Å². The molecule has 6 heteroatoms. The van der Waals surface area contributed by atoms with Gasteiger partial charge >= 0.3 is 5.97 Å². The number of methoxy groups -OCH3 is 1. The molecule has 0 saturated carbocycles. The van der Waals surface area contributed by atoms with Gasteiger partial charge in [-0.05, 0) is 67.7 Å². The SMILES string of the molecule is COC(=O)c1ccc(C(C)(c2ccc(C3=CNC(n4c(C)ccc4C)=NC3)cc2)C(C)C)nc1. The Bertz CT molecular complexity index is 1230. The van der Waals surface area contributed by atoms with Crippen LogP contribution in [0.3, 0.4) is 0 Å². The molecule has 1 aliphatic rings. The Hall–Kier alpha value is -3.67. The topological polar surface area (TPSA) is 68.5 Å². The summed E-state index contributed by atoms with van der Waals surface area (Å²) in [5.74, 6) is 0.775. The van der Waals surface area contributed by atoms with Crippen LogP contribution in [-0.4, -0.2) is 35.1 Å². The maximum Gasteiger partial charge on any atom is 0.339 e. The summed E-state index contributed by atoms with van der Waals surface area (Å²) in [6, 6.07) is 16.6. The molecule has 4 rings (SSSR count). The zero-order valence-electron chi connectivity index (χ0n) is 20.7. The molecule has 1 atom stereocenters. The Morgan fingerprint density at radius 2 is 1.74 bits per heavy atom. The van der Waals surface area contributed by atoms with Crippen LogP contribution in [0.2, 0.25) is 0 Å². The average molecular weight is 457 g/mol. The van der Waals surface area contributed by atoms with Crippen LogP contribution in [-0.2, 0) is 10.2 Å². The maximum atomic E-state index is 11.8. The van der Waals surface area contributed by atoms with E-state index in [-0.39, 0.29) is 11.4 Å². The summed E-state index contributed by atoms with van der Waals surface area (Å²) in [7, 11) is 1.38. The minimum Gasteiger partial charge on any atom is -0.465 e. The summed E-state index contributed by atoms with van der Waals surface area (Å²) in [5.41, 5.74) is 6.85. The number of aliphatic imine (C=N–C) groups is 1. The number of esters is 1. The van der Waals surface area contributed by atoms with Gasteiger partial charge in [0.1, 0.15) is 0 Å². The van der Waals surface area contributed by atoms with Crippen LogP contribution >= 0.6 is 0 Å². The van der Waals surface area contributed by atoms with E-state index in [1.165, 1.54) is 12.7 Å². The molecule has 6 nitrogen and oxygen atoms in total. The largest absolute Gasteiger partial charge is 0.465 e. The fourth-order valence-corrected chi connectivity index (χ4v) is 4.46. The Morgan fingerprint density at radius 1 is 1.06 bits per heavy atom. The highest BCUT2D eigenvalue weighted by molar-refractivity contribution is 5.89. The van der Waals surface area contributed by atoms with Gasteiger partial charge in [0.25, 0.3) is 0 Å². The molecule has 1 aliphatic heterocycles. The van der Waals surface area contributed by atoms with Gasteiger partial charge in [0.2, 0.25) is 5.96 Å². The van der Waals surface area contributed by atoms with Crippen LogP contribution in [0.25, 0.3) is 5.57 Å². The van der Waals surface area contributed by atoms with Crippen LogP contribution in [0.4, 0.5) is 0 Å². The number of benzene rings is 1. The average Bonchev–Trinajstić information content (AvgIpc) is 3.20. The number of pyridine rings is 1. The summed E-state index contributed by atoms with van der Waals surface area (Å²) >= 11 is 0. The van der Waals surface area contributed by atoms with E-state index in [1.54, 1.807) is 12.3 Å². The van der Waals surface area contributed by atoms with Gasteiger partial charge in [0.15, 0.2) is 0 Å². The van der Waals surface area contributed by atoms with Crippen LogP contribution in [0.1, 0.15) is 59.3 Å². The standard InChI is InChI=1S/C28H32N4O2/c1-18(2)28(5,25-14-11-22(15-29-25)26(33)34-6)24-12-9-21(10-13-24)23-16-30-27(31-17-23)32-19(3)7-8-20(32)4/h7-16,18H,17H2,1-6H3,(H,30,31). The normalized spacial score (nSPS) is 15.3. The Labute approximate surface area is 201 Å². The highest BCUT2D eigenvalue weighted by Gasteiger charge is 2.34. The highest BCUT2D eigenvalue weighted by atomic mass is 16.5. The van der Waals surface area contributed by atoms with Crippen molar-refractivity contribution in [3.05, 3.63) is 94.7 Å². The van der Waals surface area contributed by atoms with Crippen molar-refractivity contribution in [2.45, 2.75) is 40.0 Å². The van der Waals surface area contributed by atoms with E-state index < -0.39 is 0 Å². The molecule has 176 valence electrons. The molecular formula is C28H32N4O2. The number of hydrogen-bond acceptors (Lipinski definition) is 5. The smallest absolute Gasteiger partial charge is 0.339 e. The second-order valence-corrected chi connectivity index (χ2v) is 9.26. The first-order valence-corrected chi connectivity index (χ1v) is 11.6. The van der Waals surface area contributed by atoms with E-state index in [4.69, 9.17) is 9.73 Å². The lowest BCUT2D eigenvalue weighted by Gasteiger charge is -2.34. The van der Waals surface area contributed by atoms with Gasteiger partial charge in [-0.3, -0.25) is 9.55 Å². The Morgan fingerprint density at radius 3 is 2.24 bits per heavy atom. The van der Waals surface area contributed by atoms with Gasteiger partial charge in [-0.15, -0.1) is 0 Å². The number of aromatic nitrogens is 2. The number of nitrogens with one attached hydrogen (secondary N) is 1. The van der Waals surface area contributed by atoms with Crippen molar-refractivity contribution < 1.29 is 9.53 Å². The van der Waals surface area contributed by atoms with Gasteiger partial charge in [-0.25, -0.2) is 9.79 Å². The van der Waals surface area contributed by atoms with E-state index >= 15 is 0 Å². The lowest BCUT2D eigenvalue weighted by Crippen LogP contribution is -2.31. The maximum absolute atomic E-state index is 11.8. The van der Waals surface area contributed by atoms with E-state index in [0.717, 1.165) is 34.2 Å². The number of rotatable bonds is 5. The molecule has 2 aromatic heterocycles. The molecule has 0 amide bonds. The van der Waals surface area contributed by atoms with E-state index in [1.807, 2.05) is 12.3 Å². The Kier molecular flexibility index (Phi) is 6.42. The first-order chi connectivity index (χ1) is 16.3. The molecule has 0 saturated heterocycles. The molecule has 3 heterocycles. The lowest BCUT2D eigenvalue weighted by atomic mass is 9.70. The number of nitrogens with zero attached hydrogens (tertiary/aromatic N) is 3. The monoisotopic (exact) mass is 456 g/mol. The predicted octanol–water partition coefficient (Wildman–Crippen LogP) is 5.10. The molecule has 0 fully saturated rings. The van der Waals surface area contributed by atoms with Gasteiger partial charge < -0.3 is 10.1 Å². The summed E-state index contributed by atoms with van der Waals surface area (Å²) in [4.78, 5) is 21.2. The number of carbonyl (C=O) groups is 1. The number of hydrogen-bond donors (Lipinski definition) is 1. The summed E-state index contributed by atoms with van der Waals surface area (Å²) < 4.78 is 6.93. The highest BCUT2D eigenvalue weighted by Crippen LogP contribution is 2.38. The van der Waals surface area contributed by atoms with Crippen molar-refractivity contribution >= 4 is 17.5 Å². The molecule has 0 spiro atoms. The first kappa shape index (κ1) is 23.5. The summed E-state index contributed by atoms with van der Waals surface area (Å²) in [6.45, 7) is 11.4. The van der Waals surface area contributed by atoms with Gasteiger partial charge in [0, 0.05) is 29.2 Å². The van der Waals surface area contributed by atoms with Crippen molar-refractivity contribution in [2.24, 2.45) is 10.9 Å². The molecule has 1 N–H and O–H groups in total. The zero-order chi connectivity index (χ0) is 24.5. The Balaban J connectivity index is 1.57. The minimum atomic E-state index is -0.378. The first-order valence-electron chi connectivity index (χ1n) is 11.6. The van der Waals surface area contributed by atoms with Crippen molar-refractivity contribution in [1.29, 1.82) is 0 Å². The summed E-state index contributed by atoms with van der Waals surface area (Å²) in [5, 5.41) is 3.36. The van der Waals surface area contributed by atoms with E-state index in [0.29, 0.717) is 18.0 Å². The van der Waals surface area contributed by atoms with Gasteiger partial charge in [-0.2, -0.15) is 0 Å². The molecule has 1 unspecified atom stereocenters. The molecule has 0 radical (unpaired) electrons. The molecule has 0 bridgehead atoms. The third-order valence-corrected chi connectivity index (χ3v) is 6.98. The summed E-state index contributed by atoms with van der Waals surface area (Å²) in [6.07, 6.45) is 3.64. The van der Waals surface area contributed by atoms with Gasteiger partial charge in [-0.1, -0.05) is 38.1 Å². The fourth-order valence-electron chi connectivity index (χ4n) is 4.46. The quantitative estimate of drug-likeness (QED) is 0.543. The van der Waals surface area contributed by atoms with Crippen LogP contribution in [0, 0.1) is 19.8 Å². The lowest BCUT2D eigenvalue weighted by molar-refractivity contribution is 0.0600.